The van der Waals surface area contributed by atoms with Gasteiger partial charge in [-0.2, -0.15) is 0 Å². The largest absolute Gasteiger partial charge is 0.478 e. The number of carbonyl (C=O) groups is 1. The molecular weight excluding hydrogens is 158 g/mol. The van der Waals surface area contributed by atoms with Crippen LogP contribution in [0.3, 0.4) is 0 Å². The van der Waals surface area contributed by atoms with Gasteiger partial charge < -0.3 is 5.11 Å². The smallest absolute Gasteiger partial charge is 0.335 e. The molecule has 1 aromatic carbocycles. The average Bonchev–Trinajstić information content (AvgIpc) is 2.06. The number of carboxylic acid groups (broad SMARTS) is 1. The van der Waals surface area contributed by atoms with Crippen LogP contribution in [0, 0.1) is 0 Å². The fourth-order valence-electron chi connectivity index (χ4n) is 0.840. The molecule has 0 aliphatic carbocycles. The van der Waals surface area contributed by atoms with Crippen LogP contribution in [0.5, 0.6) is 0 Å². The number of nitrogens with two attached hydrogens (primary N) is 1. The topological polar surface area (TPSA) is 72.5 Å². The van der Waals surface area contributed by atoms with E-state index in [1.165, 1.54) is 12.1 Å². The predicted molar refractivity (Wildman–Crippen MR) is 42.4 cm³/mol. The highest BCUT2D eigenvalue weighted by Gasteiger charge is 2.00. The van der Waals surface area contributed by atoms with Crippen molar-refractivity contribution in [2.24, 2.45) is 5.90 Å². The highest BCUT2D eigenvalue weighted by Crippen LogP contribution is 2.04. The highest BCUT2D eigenvalue weighted by molar-refractivity contribution is 5.87. The molecule has 1 rings (SSSR count). The van der Waals surface area contributed by atoms with Crippen molar-refractivity contribution in [3.05, 3.63) is 35.4 Å². The zero-order valence-electron chi connectivity index (χ0n) is 6.36. The Morgan fingerprint density at radius 3 is 2.42 bits per heavy atom. The number of benzene rings is 1. The molecule has 12 heavy (non-hydrogen) atoms. The summed E-state index contributed by atoms with van der Waals surface area (Å²) in [6, 6.07) is 6.35. The van der Waals surface area contributed by atoms with Crippen molar-refractivity contribution in [2.75, 3.05) is 0 Å². The third-order valence-electron chi connectivity index (χ3n) is 1.45. The second-order valence-electron chi connectivity index (χ2n) is 2.31. The average molecular weight is 167 g/mol. The molecule has 0 amide bonds. The summed E-state index contributed by atoms with van der Waals surface area (Å²) < 4.78 is 0. The van der Waals surface area contributed by atoms with Crippen molar-refractivity contribution < 1.29 is 14.7 Å². The molecule has 0 unspecified atom stereocenters. The second kappa shape index (κ2) is 3.85. The van der Waals surface area contributed by atoms with Crippen molar-refractivity contribution >= 4 is 5.97 Å². The third-order valence-corrected chi connectivity index (χ3v) is 1.45. The molecule has 0 radical (unpaired) electrons. The van der Waals surface area contributed by atoms with Gasteiger partial charge in [0.05, 0.1) is 12.2 Å². The number of hydrogen-bond donors (Lipinski definition) is 2. The zero-order valence-corrected chi connectivity index (χ0v) is 6.36. The second-order valence-corrected chi connectivity index (χ2v) is 2.31. The molecule has 1 aromatic rings. The molecule has 0 aromatic heterocycles. The molecule has 0 spiro atoms. The summed E-state index contributed by atoms with van der Waals surface area (Å²) in [5, 5.41) is 8.55. The van der Waals surface area contributed by atoms with Gasteiger partial charge in [-0.25, -0.2) is 10.7 Å². The first kappa shape index (κ1) is 8.70. The van der Waals surface area contributed by atoms with E-state index in [0.29, 0.717) is 6.61 Å². The number of rotatable bonds is 3. The lowest BCUT2D eigenvalue weighted by Crippen LogP contribution is -2.00. The molecule has 0 atom stereocenters. The highest BCUT2D eigenvalue weighted by atomic mass is 16.6. The van der Waals surface area contributed by atoms with Gasteiger partial charge in [-0.3, -0.25) is 4.84 Å². The van der Waals surface area contributed by atoms with Gasteiger partial charge in [-0.1, -0.05) is 12.1 Å². The first-order chi connectivity index (χ1) is 5.74. The number of hydrogen-bond acceptors (Lipinski definition) is 3. The van der Waals surface area contributed by atoms with Crippen LogP contribution in [0.15, 0.2) is 24.3 Å². The first-order valence-corrected chi connectivity index (χ1v) is 3.38. The van der Waals surface area contributed by atoms with Gasteiger partial charge >= 0.3 is 5.97 Å². The first-order valence-electron chi connectivity index (χ1n) is 3.38. The Morgan fingerprint density at radius 2 is 2.00 bits per heavy atom. The van der Waals surface area contributed by atoms with E-state index in [-0.39, 0.29) is 5.56 Å². The normalized spacial score (nSPS) is 9.75. The summed E-state index contributed by atoms with van der Waals surface area (Å²) in [7, 11) is 0. The minimum Gasteiger partial charge on any atom is -0.478 e. The molecule has 0 saturated carbocycles. The summed E-state index contributed by atoms with van der Waals surface area (Å²) >= 11 is 0. The Kier molecular flexibility index (Phi) is 2.79. The van der Waals surface area contributed by atoms with E-state index < -0.39 is 5.97 Å². The maximum atomic E-state index is 10.4. The van der Waals surface area contributed by atoms with Crippen LogP contribution in [-0.2, 0) is 11.4 Å². The van der Waals surface area contributed by atoms with Crippen molar-refractivity contribution in [3.63, 3.8) is 0 Å². The molecule has 4 heteroatoms. The van der Waals surface area contributed by atoms with Crippen LogP contribution in [0.2, 0.25) is 0 Å². The molecular formula is C8H9NO3. The lowest BCUT2D eigenvalue weighted by molar-refractivity contribution is 0.0696. The van der Waals surface area contributed by atoms with Crippen LogP contribution in [0.25, 0.3) is 0 Å². The van der Waals surface area contributed by atoms with Crippen LogP contribution >= 0.6 is 0 Å². The molecule has 0 aliphatic rings. The Hall–Kier alpha value is -1.39. The monoisotopic (exact) mass is 167 g/mol. The minimum absolute atomic E-state index is 0.260. The molecule has 0 fully saturated rings. The summed E-state index contributed by atoms with van der Waals surface area (Å²) in [4.78, 5) is 14.8. The van der Waals surface area contributed by atoms with Crippen molar-refractivity contribution in [3.8, 4) is 0 Å². The molecule has 3 N–H and O–H groups in total. The summed E-state index contributed by atoms with van der Waals surface area (Å²) in [6.45, 7) is 0.292. The van der Waals surface area contributed by atoms with Gasteiger partial charge in [0, 0.05) is 0 Å². The van der Waals surface area contributed by atoms with E-state index in [1.54, 1.807) is 12.1 Å². The maximum absolute atomic E-state index is 10.4. The van der Waals surface area contributed by atoms with Gasteiger partial charge in [0.25, 0.3) is 0 Å². The summed E-state index contributed by atoms with van der Waals surface area (Å²) in [5.74, 6) is 3.91. The lowest BCUT2D eigenvalue weighted by atomic mass is 10.1. The number of carboxylic acids is 1. The molecule has 0 bridgehead atoms. The summed E-state index contributed by atoms with van der Waals surface area (Å²) in [5.41, 5.74) is 1.11. The van der Waals surface area contributed by atoms with Gasteiger partial charge in [0.2, 0.25) is 0 Å². The van der Waals surface area contributed by atoms with Gasteiger partial charge in [-0.15, -0.1) is 0 Å². The van der Waals surface area contributed by atoms with E-state index in [4.69, 9.17) is 11.0 Å². The predicted octanol–water partition coefficient (Wildman–Crippen LogP) is 0.775. The zero-order chi connectivity index (χ0) is 8.97. The van der Waals surface area contributed by atoms with Gasteiger partial charge in [-0.05, 0) is 17.7 Å². The molecule has 64 valence electrons. The van der Waals surface area contributed by atoms with Crippen LogP contribution in [-0.4, -0.2) is 11.1 Å². The molecule has 0 aliphatic heterocycles. The minimum atomic E-state index is -0.935. The van der Waals surface area contributed by atoms with Crippen molar-refractivity contribution in [1.82, 2.24) is 0 Å². The van der Waals surface area contributed by atoms with E-state index in [2.05, 4.69) is 4.84 Å². The van der Waals surface area contributed by atoms with Crippen molar-refractivity contribution in [2.45, 2.75) is 6.61 Å². The number of aromatic carboxylic acids is 1. The van der Waals surface area contributed by atoms with E-state index in [1.807, 2.05) is 0 Å². The summed E-state index contributed by atoms with van der Waals surface area (Å²) in [6.07, 6.45) is 0. The van der Waals surface area contributed by atoms with Crippen molar-refractivity contribution in [1.29, 1.82) is 0 Å². The van der Waals surface area contributed by atoms with E-state index in [0.717, 1.165) is 5.56 Å². The van der Waals surface area contributed by atoms with Crippen LogP contribution in [0.4, 0.5) is 0 Å². The molecule has 4 nitrogen and oxygen atoms in total. The van der Waals surface area contributed by atoms with Gasteiger partial charge in [0.1, 0.15) is 0 Å². The fraction of sp³-hybridized carbons (Fsp3) is 0.125. The molecule has 0 saturated heterocycles. The lowest BCUT2D eigenvalue weighted by Gasteiger charge is -1.98. The Morgan fingerprint density at radius 1 is 1.42 bits per heavy atom. The Labute approximate surface area is 69.5 Å². The van der Waals surface area contributed by atoms with E-state index >= 15 is 0 Å². The molecule has 0 heterocycles. The Balaban J connectivity index is 2.78. The van der Waals surface area contributed by atoms with E-state index in [9.17, 15) is 4.79 Å². The fourth-order valence-corrected chi connectivity index (χ4v) is 0.840. The quantitative estimate of drug-likeness (QED) is 0.652. The maximum Gasteiger partial charge on any atom is 0.335 e. The van der Waals surface area contributed by atoms with Crippen LogP contribution in [0.1, 0.15) is 15.9 Å². The third kappa shape index (κ3) is 2.05. The Bertz CT molecular complexity index is 268. The standard InChI is InChI=1S/C8H9NO3/c9-12-5-6-1-3-7(4-2-6)8(10)11/h1-4H,5,9H2,(H,10,11). The SMILES string of the molecule is NOCc1ccc(C(=O)O)cc1. The van der Waals surface area contributed by atoms with Crippen LogP contribution < -0.4 is 5.90 Å². The van der Waals surface area contributed by atoms with Gasteiger partial charge in [0.15, 0.2) is 0 Å².